The Morgan fingerprint density at radius 3 is 2.35 bits per heavy atom. The first kappa shape index (κ1) is 18.1. The highest BCUT2D eigenvalue weighted by molar-refractivity contribution is 6.30. The van der Waals surface area contributed by atoms with Crippen molar-refractivity contribution < 1.29 is 4.79 Å². The summed E-state index contributed by atoms with van der Waals surface area (Å²) < 4.78 is 0. The van der Waals surface area contributed by atoms with Crippen molar-refractivity contribution >= 4 is 17.5 Å². The van der Waals surface area contributed by atoms with E-state index < -0.39 is 6.04 Å². The standard InChI is InChI=1S/C19H20ClN5O/c1-3-24(4-2)19(26)17(14-8-6-5-7-9-14)25-22-18(21-23-25)15-10-12-16(20)13-11-15/h5-13,17H,3-4H2,1-2H3. The minimum Gasteiger partial charge on any atom is -0.341 e. The fourth-order valence-electron chi connectivity index (χ4n) is 2.77. The van der Waals surface area contributed by atoms with Gasteiger partial charge in [-0.3, -0.25) is 4.79 Å². The Bertz CT molecular complexity index is 859. The van der Waals surface area contributed by atoms with Gasteiger partial charge in [0.2, 0.25) is 5.82 Å². The molecule has 26 heavy (non-hydrogen) atoms. The van der Waals surface area contributed by atoms with Crippen molar-refractivity contribution in [1.82, 2.24) is 25.1 Å². The van der Waals surface area contributed by atoms with Gasteiger partial charge in [0.05, 0.1) is 0 Å². The predicted octanol–water partition coefficient (Wildman–Crippen LogP) is 3.45. The van der Waals surface area contributed by atoms with Gasteiger partial charge in [-0.25, -0.2) is 0 Å². The molecule has 0 radical (unpaired) electrons. The largest absolute Gasteiger partial charge is 0.341 e. The maximum atomic E-state index is 13.1. The number of hydrogen-bond acceptors (Lipinski definition) is 4. The van der Waals surface area contributed by atoms with Crippen molar-refractivity contribution in [3.63, 3.8) is 0 Å². The summed E-state index contributed by atoms with van der Waals surface area (Å²) in [6.45, 7) is 5.16. The molecule has 0 saturated carbocycles. The summed E-state index contributed by atoms with van der Waals surface area (Å²) in [5, 5.41) is 13.4. The average Bonchev–Trinajstić information content (AvgIpc) is 3.14. The highest BCUT2D eigenvalue weighted by atomic mass is 35.5. The molecule has 0 spiro atoms. The topological polar surface area (TPSA) is 63.9 Å². The molecule has 134 valence electrons. The van der Waals surface area contributed by atoms with Crippen molar-refractivity contribution in [2.24, 2.45) is 0 Å². The van der Waals surface area contributed by atoms with E-state index in [1.54, 1.807) is 17.0 Å². The summed E-state index contributed by atoms with van der Waals surface area (Å²) in [7, 11) is 0. The molecule has 1 atom stereocenters. The fourth-order valence-corrected chi connectivity index (χ4v) is 2.89. The van der Waals surface area contributed by atoms with Gasteiger partial charge in [-0.15, -0.1) is 15.0 Å². The number of rotatable bonds is 6. The number of aromatic nitrogens is 4. The summed E-state index contributed by atoms with van der Waals surface area (Å²) in [4.78, 5) is 16.2. The molecule has 0 saturated heterocycles. The first-order chi connectivity index (χ1) is 12.6. The molecule has 3 rings (SSSR count). The zero-order chi connectivity index (χ0) is 18.5. The lowest BCUT2D eigenvalue weighted by Gasteiger charge is -2.24. The third-order valence-corrected chi connectivity index (χ3v) is 4.44. The molecule has 0 N–H and O–H groups in total. The number of carbonyl (C=O) groups excluding carboxylic acids is 1. The molecule has 1 unspecified atom stereocenters. The molecule has 0 bridgehead atoms. The molecule has 6 nitrogen and oxygen atoms in total. The summed E-state index contributed by atoms with van der Waals surface area (Å²) in [6, 6.07) is 16.1. The van der Waals surface area contributed by atoms with Crippen LogP contribution in [-0.4, -0.2) is 44.1 Å². The second-order valence-corrected chi connectivity index (χ2v) is 6.20. The number of likely N-dealkylation sites (N-methyl/N-ethyl adjacent to an activating group) is 1. The fraction of sp³-hybridized carbons (Fsp3) is 0.263. The van der Waals surface area contributed by atoms with Crippen LogP contribution in [0.4, 0.5) is 0 Å². The normalized spacial score (nSPS) is 12.0. The van der Waals surface area contributed by atoms with E-state index in [0.29, 0.717) is 23.9 Å². The number of tetrazole rings is 1. The Morgan fingerprint density at radius 1 is 1.08 bits per heavy atom. The molecule has 3 aromatic rings. The minimum absolute atomic E-state index is 0.0544. The highest BCUT2D eigenvalue weighted by Crippen LogP contribution is 2.22. The van der Waals surface area contributed by atoms with E-state index in [1.807, 2.05) is 56.3 Å². The van der Waals surface area contributed by atoms with E-state index in [4.69, 9.17) is 11.6 Å². The van der Waals surface area contributed by atoms with E-state index in [9.17, 15) is 4.79 Å². The molecule has 1 amide bonds. The van der Waals surface area contributed by atoms with Crippen LogP contribution >= 0.6 is 11.6 Å². The van der Waals surface area contributed by atoms with E-state index in [2.05, 4.69) is 15.4 Å². The molecule has 7 heteroatoms. The summed E-state index contributed by atoms with van der Waals surface area (Å²) in [5.41, 5.74) is 1.62. The molecule has 1 heterocycles. The lowest BCUT2D eigenvalue weighted by molar-refractivity contribution is -0.133. The Labute approximate surface area is 157 Å². The molecule has 1 aromatic heterocycles. The third-order valence-electron chi connectivity index (χ3n) is 4.19. The van der Waals surface area contributed by atoms with Crippen molar-refractivity contribution in [2.45, 2.75) is 19.9 Å². The average molecular weight is 370 g/mol. The quantitative estimate of drug-likeness (QED) is 0.667. The number of nitrogens with zero attached hydrogens (tertiary/aromatic N) is 5. The molecule has 0 aliphatic heterocycles. The van der Waals surface area contributed by atoms with E-state index >= 15 is 0 Å². The van der Waals surface area contributed by atoms with Gasteiger partial charge in [0.1, 0.15) is 0 Å². The molecule has 0 fully saturated rings. The smallest absolute Gasteiger partial charge is 0.253 e. The van der Waals surface area contributed by atoms with Crippen molar-refractivity contribution in [2.75, 3.05) is 13.1 Å². The van der Waals surface area contributed by atoms with E-state index in [1.165, 1.54) is 4.80 Å². The van der Waals surface area contributed by atoms with Crippen LogP contribution in [0.25, 0.3) is 11.4 Å². The zero-order valence-corrected chi connectivity index (χ0v) is 15.5. The Morgan fingerprint density at radius 2 is 1.73 bits per heavy atom. The molecular weight excluding hydrogens is 350 g/mol. The Balaban J connectivity index is 2.00. The lowest BCUT2D eigenvalue weighted by Crippen LogP contribution is -2.38. The summed E-state index contributed by atoms with van der Waals surface area (Å²) >= 11 is 5.93. The monoisotopic (exact) mass is 369 g/mol. The number of carbonyl (C=O) groups is 1. The van der Waals surface area contributed by atoms with Gasteiger partial charge in [0, 0.05) is 23.7 Å². The zero-order valence-electron chi connectivity index (χ0n) is 14.7. The number of halogens is 1. The summed E-state index contributed by atoms with van der Waals surface area (Å²) in [6.07, 6.45) is 0. The van der Waals surface area contributed by atoms with Crippen LogP contribution in [0, 0.1) is 0 Å². The number of amides is 1. The van der Waals surface area contributed by atoms with Crippen LogP contribution in [0.5, 0.6) is 0 Å². The second-order valence-electron chi connectivity index (χ2n) is 5.76. The van der Waals surface area contributed by atoms with Gasteiger partial charge in [-0.2, -0.15) is 0 Å². The van der Waals surface area contributed by atoms with Crippen LogP contribution in [-0.2, 0) is 4.79 Å². The Hall–Kier alpha value is -2.73. The van der Waals surface area contributed by atoms with Crippen molar-refractivity contribution in [1.29, 1.82) is 0 Å². The maximum absolute atomic E-state index is 13.1. The third kappa shape index (κ3) is 3.75. The first-order valence-electron chi connectivity index (χ1n) is 8.53. The van der Waals surface area contributed by atoms with Gasteiger partial charge >= 0.3 is 0 Å². The van der Waals surface area contributed by atoms with E-state index in [0.717, 1.165) is 11.1 Å². The lowest BCUT2D eigenvalue weighted by atomic mass is 10.1. The maximum Gasteiger partial charge on any atom is 0.253 e. The van der Waals surface area contributed by atoms with Crippen LogP contribution in [0.3, 0.4) is 0 Å². The number of hydrogen-bond donors (Lipinski definition) is 0. The van der Waals surface area contributed by atoms with Gasteiger partial charge in [0.25, 0.3) is 5.91 Å². The van der Waals surface area contributed by atoms with Crippen molar-refractivity contribution in [3.8, 4) is 11.4 Å². The first-order valence-corrected chi connectivity index (χ1v) is 8.91. The van der Waals surface area contributed by atoms with Gasteiger partial charge in [-0.1, -0.05) is 41.9 Å². The number of benzene rings is 2. The molecule has 0 aliphatic carbocycles. The van der Waals surface area contributed by atoms with Gasteiger partial charge < -0.3 is 4.90 Å². The SMILES string of the molecule is CCN(CC)C(=O)C(c1ccccc1)n1nnc(-c2ccc(Cl)cc2)n1. The van der Waals surface area contributed by atoms with Crippen LogP contribution in [0.1, 0.15) is 25.5 Å². The van der Waals surface area contributed by atoms with Gasteiger partial charge in [0.15, 0.2) is 6.04 Å². The summed E-state index contributed by atoms with van der Waals surface area (Å²) in [5.74, 6) is 0.399. The molecule has 2 aromatic carbocycles. The van der Waals surface area contributed by atoms with E-state index in [-0.39, 0.29) is 5.91 Å². The predicted molar refractivity (Wildman–Crippen MR) is 101 cm³/mol. The van der Waals surface area contributed by atoms with Crippen LogP contribution in [0.15, 0.2) is 54.6 Å². The highest BCUT2D eigenvalue weighted by Gasteiger charge is 2.28. The Kier molecular flexibility index (Phi) is 5.63. The second kappa shape index (κ2) is 8.10. The van der Waals surface area contributed by atoms with Gasteiger partial charge in [-0.05, 0) is 48.9 Å². The molecule has 0 aliphatic rings. The van der Waals surface area contributed by atoms with Crippen molar-refractivity contribution in [3.05, 3.63) is 65.2 Å². The molecular formula is C19H20ClN5O. The van der Waals surface area contributed by atoms with Crippen LogP contribution < -0.4 is 0 Å². The minimum atomic E-state index is -0.648. The van der Waals surface area contributed by atoms with Crippen LogP contribution in [0.2, 0.25) is 5.02 Å².